The number of carbonyl (C=O) groups excluding carboxylic acids is 2. The van der Waals surface area contributed by atoms with Gasteiger partial charge in [-0.25, -0.2) is 4.79 Å². The summed E-state index contributed by atoms with van der Waals surface area (Å²) in [6.45, 7) is 8.31. The van der Waals surface area contributed by atoms with E-state index in [0.717, 1.165) is 0 Å². The molecule has 2 unspecified atom stereocenters. The number of hydrogen-bond donors (Lipinski definition) is 1. The third kappa shape index (κ3) is 3.60. The molecule has 1 heterocycles. The van der Waals surface area contributed by atoms with Gasteiger partial charge in [0.2, 0.25) is 0 Å². The number of nitrogens with one attached hydrogen (secondary N) is 1. The Morgan fingerprint density at radius 1 is 1.33 bits per heavy atom. The Bertz CT molecular complexity index is 325. The van der Waals surface area contributed by atoms with Crippen LogP contribution < -0.4 is 5.32 Å². The van der Waals surface area contributed by atoms with E-state index >= 15 is 0 Å². The summed E-state index contributed by atoms with van der Waals surface area (Å²) >= 11 is 0. The highest BCUT2D eigenvalue weighted by Crippen LogP contribution is 2.16. The number of esters is 1. The maximum atomic E-state index is 12.0. The number of amides is 1. The molecular formula is C12H22N2O4. The predicted octanol–water partition coefficient (Wildman–Crippen LogP) is 0.757. The van der Waals surface area contributed by atoms with E-state index in [2.05, 4.69) is 5.32 Å². The van der Waals surface area contributed by atoms with Crippen LogP contribution in [-0.4, -0.2) is 54.8 Å². The average Bonchev–Trinajstić information content (AvgIpc) is 2.26. The van der Waals surface area contributed by atoms with Crippen molar-refractivity contribution in [2.45, 2.75) is 45.4 Å². The van der Waals surface area contributed by atoms with Gasteiger partial charge in [-0.15, -0.1) is 0 Å². The smallest absolute Gasteiger partial charge is 0.410 e. The maximum Gasteiger partial charge on any atom is 0.410 e. The molecule has 1 amide bonds. The van der Waals surface area contributed by atoms with Gasteiger partial charge in [0.15, 0.2) is 0 Å². The van der Waals surface area contributed by atoms with Gasteiger partial charge in [0.25, 0.3) is 0 Å². The fourth-order valence-corrected chi connectivity index (χ4v) is 1.88. The van der Waals surface area contributed by atoms with Gasteiger partial charge < -0.3 is 19.7 Å². The van der Waals surface area contributed by atoms with E-state index in [1.54, 1.807) is 11.8 Å². The van der Waals surface area contributed by atoms with Crippen LogP contribution >= 0.6 is 0 Å². The molecule has 0 aliphatic carbocycles. The van der Waals surface area contributed by atoms with Gasteiger partial charge in [-0.1, -0.05) is 0 Å². The largest absolute Gasteiger partial charge is 0.468 e. The second-order valence-electron chi connectivity index (χ2n) is 5.37. The number of methoxy groups -OCH3 is 1. The predicted molar refractivity (Wildman–Crippen MR) is 66.2 cm³/mol. The summed E-state index contributed by atoms with van der Waals surface area (Å²) in [6, 6.07) is -0.794. The Kier molecular flexibility index (Phi) is 4.56. The van der Waals surface area contributed by atoms with Gasteiger partial charge in [0, 0.05) is 13.1 Å². The number of carbonyl (C=O) groups is 2. The average molecular weight is 258 g/mol. The molecule has 0 radical (unpaired) electrons. The first-order chi connectivity index (χ1) is 8.26. The SMILES string of the molecule is COC(=O)C1NCCN(C(=O)OC(C)(C)C)C1C. The van der Waals surface area contributed by atoms with Gasteiger partial charge in [-0.05, 0) is 27.7 Å². The van der Waals surface area contributed by atoms with Crippen LogP contribution in [0.2, 0.25) is 0 Å². The zero-order chi connectivity index (χ0) is 13.9. The molecule has 104 valence electrons. The first-order valence-electron chi connectivity index (χ1n) is 6.07. The van der Waals surface area contributed by atoms with E-state index in [4.69, 9.17) is 9.47 Å². The molecule has 0 spiro atoms. The Balaban J connectivity index is 2.71. The van der Waals surface area contributed by atoms with E-state index in [1.807, 2.05) is 20.8 Å². The van der Waals surface area contributed by atoms with Crippen molar-refractivity contribution in [3.05, 3.63) is 0 Å². The highest BCUT2D eigenvalue weighted by molar-refractivity contribution is 5.78. The molecule has 6 nitrogen and oxygen atoms in total. The number of nitrogens with zero attached hydrogens (tertiary/aromatic N) is 1. The number of piperazine rings is 1. The number of hydrogen-bond acceptors (Lipinski definition) is 5. The minimum Gasteiger partial charge on any atom is -0.468 e. The maximum absolute atomic E-state index is 12.0. The lowest BCUT2D eigenvalue weighted by Gasteiger charge is -2.39. The Hall–Kier alpha value is -1.30. The van der Waals surface area contributed by atoms with Crippen molar-refractivity contribution in [2.24, 2.45) is 0 Å². The van der Waals surface area contributed by atoms with Crippen LogP contribution in [0.5, 0.6) is 0 Å². The molecule has 18 heavy (non-hydrogen) atoms. The van der Waals surface area contributed by atoms with E-state index in [0.29, 0.717) is 13.1 Å². The molecule has 1 aliphatic rings. The Labute approximate surface area is 108 Å². The van der Waals surface area contributed by atoms with Crippen molar-refractivity contribution in [3.8, 4) is 0 Å². The fraction of sp³-hybridized carbons (Fsp3) is 0.833. The van der Waals surface area contributed by atoms with Crippen LogP contribution in [-0.2, 0) is 14.3 Å². The Morgan fingerprint density at radius 3 is 2.44 bits per heavy atom. The quantitative estimate of drug-likeness (QED) is 0.703. The summed E-state index contributed by atoms with van der Waals surface area (Å²) in [7, 11) is 1.34. The highest BCUT2D eigenvalue weighted by Gasteiger charge is 2.37. The first-order valence-corrected chi connectivity index (χ1v) is 6.07. The lowest BCUT2D eigenvalue weighted by atomic mass is 10.1. The first kappa shape index (κ1) is 14.8. The molecule has 0 bridgehead atoms. The van der Waals surface area contributed by atoms with E-state index in [9.17, 15) is 9.59 Å². The standard InChI is InChI=1S/C12H22N2O4/c1-8-9(10(15)17-5)13-6-7-14(8)11(16)18-12(2,3)4/h8-9,13H,6-7H2,1-5H3. The van der Waals surface area contributed by atoms with Crippen LogP contribution in [0.1, 0.15) is 27.7 Å². The molecule has 0 saturated carbocycles. The van der Waals surface area contributed by atoms with E-state index < -0.39 is 17.7 Å². The molecule has 0 aromatic rings. The molecule has 1 rings (SSSR count). The summed E-state index contributed by atoms with van der Waals surface area (Å²) in [4.78, 5) is 25.1. The van der Waals surface area contributed by atoms with Crippen LogP contribution in [0.4, 0.5) is 4.79 Å². The van der Waals surface area contributed by atoms with E-state index in [-0.39, 0.29) is 12.0 Å². The van der Waals surface area contributed by atoms with Crippen LogP contribution in [0, 0.1) is 0 Å². The van der Waals surface area contributed by atoms with Crippen molar-refractivity contribution in [1.82, 2.24) is 10.2 Å². The van der Waals surface area contributed by atoms with Crippen molar-refractivity contribution < 1.29 is 19.1 Å². The summed E-state index contributed by atoms with van der Waals surface area (Å²) in [5.41, 5.74) is -0.539. The van der Waals surface area contributed by atoms with Gasteiger partial charge in [-0.3, -0.25) is 4.79 Å². The summed E-state index contributed by atoms with van der Waals surface area (Å²) in [5, 5.41) is 3.04. The Morgan fingerprint density at radius 2 is 1.94 bits per heavy atom. The fourth-order valence-electron chi connectivity index (χ4n) is 1.88. The third-order valence-electron chi connectivity index (χ3n) is 2.77. The topological polar surface area (TPSA) is 67.9 Å². The minimum absolute atomic E-state index is 0.291. The highest BCUT2D eigenvalue weighted by atomic mass is 16.6. The van der Waals surface area contributed by atoms with Crippen LogP contribution in [0.15, 0.2) is 0 Å². The number of rotatable bonds is 1. The summed E-state index contributed by atoms with van der Waals surface area (Å²) in [6.07, 6.45) is -0.398. The normalized spacial score (nSPS) is 24.6. The minimum atomic E-state index is -0.539. The van der Waals surface area contributed by atoms with Crippen molar-refractivity contribution >= 4 is 12.1 Å². The van der Waals surface area contributed by atoms with Gasteiger partial charge >= 0.3 is 12.1 Å². The van der Waals surface area contributed by atoms with Gasteiger partial charge in [0.1, 0.15) is 11.6 Å². The zero-order valence-electron chi connectivity index (χ0n) is 11.6. The summed E-state index contributed by atoms with van der Waals surface area (Å²) < 4.78 is 10.0. The molecule has 0 aromatic carbocycles. The van der Waals surface area contributed by atoms with Crippen molar-refractivity contribution in [2.75, 3.05) is 20.2 Å². The second kappa shape index (κ2) is 5.56. The van der Waals surface area contributed by atoms with E-state index in [1.165, 1.54) is 7.11 Å². The summed E-state index contributed by atoms with van der Waals surface area (Å²) in [5.74, 6) is -0.365. The monoisotopic (exact) mass is 258 g/mol. The van der Waals surface area contributed by atoms with Crippen molar-refractivity contribution in [1.29, 1.82) is 0 Å². The van der Waals surface area contributed by atoms with Crippen LogP contribution in [0.3, 0.4) is 0 Å². The zero-order valence-corrected chi connectivity index (χ0v) is 11.6. The van der Waals surface area contributed by atoms with Crippen molar-refractivity contribution in [3.63, 3.8) is 0 Å². The van der Waals surface area contributed by atoms with Gasteiger partial charge in [-0.2, -0.15) is 0 Å². The molecule has 0 aromatic heterocycles. The lowest BCUT2D eigenvalue weighted by Crippen LogP contribution is -2.61. The van der Waals surface area contributed by atoms with Gasteiger partial charge in [0.05, 0.1) is 13.2 Å². The lowest BCUT2D eigenvalue weighted by molar-refractivity contribution is -0.145. The number of ether oxygens (including phenoxy) is 2. The molecular weight excluding hydrogens is 236 g/mol. The molecule has 6 heteroatoms. The molecule has 1 N–H and O–H groups in total. The molecule has 2 atom stereocenters. The molecule has 1 fully saturated rings. The third-order valence-corrected chi connectivity index (χ3v) is 2.77. The molecule has 1 aliphatic heterocycles. The van der Waals surface area contributed by atoms with Crippen LogP contribution in [0.25, 0.3) is 0 Å². The molecule has 1 saturated heterocycles. The second-order valence-corrected chi connectivity index (χ2v) is 5.37.